The van der Waals surface area contributed by atoms with Crippen molar-refractivity contribution in [1.82, 2.24) is 20.4 Å². The molecule has 0 aromatic heterocycles. The number of methoxy groups -OCH3 is 1. The smallest absolute Gasteiger partial charge is 0.243 e. The number of likely N-dealkylation sites (tertiary alicyclic amines) is 1. The van der Waals surface area contributed by atoms with E-state index in [1.807, 2.05) is 0 Å². The largest absolute Gasteiger partial charge is 0.383 e. The molecule has 0 aliphatic carbocycles. The van der Waals surface area contributed by atoms with Gasteiger partial charge in [0, 0.05) is 60.5 Å². The third-order valence-electron chi connectivity index (χ3n) is 5.22. The Morgan fingerprint density at radius 3 is 2.52 bits per heavy atom. The van der Waals surface area contributed by atoms with Crippen molar-refractivity contribution < 1.29 is 14.3 Å². The summed E-state index contributed by atoms with van der Waals surface area (Å²) < 4.78 is 11.1. The van der Waals surface area contributed by atoms with E-state index < -0.39 is 0 Å². The number of likely N-dealkylation sites (N-methyl/N-ethyl adjacent to an activating group) is 1. The van der Waals surface area contributed by atoms with Crippen molar-refractivity contribution in [2.75, 3.05) is 67.1 Å². The third-order valence-corrected chi connectivity index (χ3v) is 5.22. The van der Waals surface area contributed by atoms with Gasteiger partial charge in [-0.15, -0.1) is 0 Å². The summed E-state index contributed by atoms with van der Waals surface area (Å²) in [5.41, 5.74) is 1.37. The highest BCUT2D eigenvalue weighted by Crippen LogP contribution is 2.16. The van der Waals surface area contributed by atoms with Crippen LogP contribution in [0.25, 0.3) is 0 Å². The fraction of sp³-hybridized carbons (Fsp3) is 0.652. The van der Waals surface area contributed by atoms with E-state index in [2.05, 4.69) is 50.9 Å². The second kappa shape index (κ2) is 14.8. The molecule has 0 spiro atoms. The number of hydrogen-bond acceptors (Lipinski definition) is 5. The Bertz CT molecular complexity index is 646. The lowest BCUT2D eigenvalue weighted by Gasteiger charge is -2.32. The minimum atomic E-state index is -0.0326. The van der Waals surface area contributed by atoms with E-state index in [9.17, 15) is 4.79 Å². The summed E-state index contributed by atoms with van der Waals surface area (Å²) in [6.07, 6.45) is 3.39. The molecule has 0 radical (unpaired) electrons. The fourth-order valence-electron chi connectivity index (χ4n) is 3.34. The molecule has 1 aliphatic heterocycles. The Labute approximate surface area is 187 Å². The first-order valence-corrected chi connectivity index (χ1v) is 11.2. The lowest BCUT2D eigenvalue weighted by atomic mass is 10.1. The number of nitrogens with one attached hydrogen (secondary N) is 2. The van der Waals surface area contributed by atoms with Crippen molar-refractivity contribution in [1.29, 1.82) is 0 Å². The van der Waals surface area contributed by atoms with Gasteiger partial charge in [0.15, 0.2) is 5.96 Å². The maximum Gasteiger partial charge on any atom is 0.243 e. The minimum Gasteiger partial charge on any atom is -0.383 e. The lowest BCUT2D eigenvalue weighted by molar-refractivity contribution is -0.127. The van der Waals surface area contributed by atoms with Gasteiger partial charge in [0.2, 0.25) is 5.91 Å². The topological polar surface area (TPSA) is 78.4 Å². The normalized spacial score (nSPS) is 15.6. The fourth-order valence-corrected chi connectivity index (χ4v) is 3.34. The number of benzene rings is 1. The molecule has 0 bridgehead atoms. The predicted octanol–water partition coefficient (Wildman–Crippen LogP) is 1.33. The van der Waals surface area contributed by atoms with Crippen LogP contribution in [0.3, 0.4) is 0 Å². The molecule has 174 valence electrons. The molecule has 1 aromatic carbocycles. The van der Waals surface area contributed by atoms with E-state index in [1.165, 1.54) is 10.5 Å². The van der Waals surface area contributed by atoms with Gasteiger partial charge in [-0.1, -0.05) is 30.3 Å². The molecule has 2 N–H and O–H groups in total. The van der Waals surface area contributed by atoms with Crippen LogP contribution in [0.5, 0.6) is 0 Å². The second-order valence-electron chi connectivity index (χ2n) is 7.98. The van der Waals surface area contributed by atoms with Crippen LogP contribution in [0.4, 0.5) is 0 Å². The number of carbonyl (C=O) groups is 1. The molecule has 2 rings (SSSR count). The predicted molar refractivity (Wildman–Crippen MR) is 124 cm³/mol. The minimum absolute atomic E-state index is 0.0326. The number of piperidine rings is 1. The standard InChI is InChI=1S/C23H39N5O3/c1-27(2)22(29)18-26-23(25-13-17-30-3)24-12-7-16-31-21-10-14-28(15-11-21)19-20-8-5-4-6-9-20/h4-6,8-9,21H,7,10-19H2,1-3H3,(H2,24,25,26). The van der Waals surface area contributed by atoms with Gasteiger partial charge in [-0.25, -0.2) is 4.99 Å². The highest BCUT2D eigenvalue weighted by Gasteiger charge is 2.19. The van der Waals surface area contributed by atoms with Crippen LogP contribution >= 0.6 is 0 Å². The van der Waals surface area contributed by atoms with Crippen molar-refractivity contribution in [3.63, 3.8) is 0 Å². The van der Waals surface area contributed by atoms with E-state index in [4.69, 9.17) is 9.47 Å². The summed E-state index contributed by atoms with van der Waals surface area (Å²) in [5, 5.41) is 6.45. The molecule has 0 atom stereocenters. The maximum atomic E-state index is 11.8. The Morgan fingerprint density at radius 1 is 1.13 bits per heavy atom. The summed E-state index contributed by atoms with van der Waals surface area (Å²) in [5.74, 6) is 0.594. The number of amides is 1. The van der Waals surface area contributed by atoms with Crippen LogP contribution in [0.2, 0.25) is 0 Å². The molecule has 1 aliphatic rings. The van der Waals surface area contributed by atoms with Crippen LogP contribution in [-0.2, 0) is 20.8 Å². The van der Waals surface area contributed by atoms with Crippen LogP contribution in [0, 0.1) is 0 Å². The number of guanidine groups is 1. The molecule has 8 heteroatoms. The lowest BCUT2D eigenvalue weighted by Crippen LogP contribution is -2.41. The van der Waals surface area contributed by atoms with Gasteiger partial charge in [0.25, 0.3) is 0 Å². The van der Waals surface area contributed by atoms with Gasteiger partial charge in [0.05, 0.1) is 12.7 Å². The highest BCUT2D eigenvalue weighted by molar-refractivity contribution is 5.84. The van der Waals surface area contributed by atoms with Crippen LogP contribution in [0.15, 0.2) is 35.3 Å². The van der Waals surface area contributed by atoms with E-state index in [1.54, 1.807) is 21.2 Å². The molecule has 1 amide bonds. The van der Waals surface area contributed by atoms with Crippen molar-refractivity contribution >= 4 is 11.9 Å². The van der Waals surface area contributed by atoms with Crippen molar-refractivity contribution in [3.8, 4) is 0 Å². The third kappa shape index (κ3) is 10.6. The Morgan fingerprint density at radius 2 is 1.84 bits per heavy atom. The van der Waals surface area contributed by atoms with Crippen LogP contribution in [-0.4, -0.2) is 94.9 Å². The number of nitrogens with zero attached hydrogens (tertiary/aromatic N) is 3. The zero-order valence-electron chi connectivity index (χ0n) is 19.3. The number of ether oxygens (including phenoxy) is 2. The van der Waals surface area contributed by atoms with Crippen molar-refractivity contribution in [2.45, 2.75) is 31.9 Å². The number of hydrogen-bond donors (Lipinski definition) is 2. The summed E-state index contributed by atoms with van der Waals surface area (Å²) in [4.78, 5) is 20.2. The van der Waals surface area contributed by atoms with Gasteiger partial charge in [0.1, 0.15) is 6.54 Å². The zero-order valence-corrected chi connectivity index (χ0v) is 19.3. The molecule has 1 aromatic rings. The van der Waals surface area contributed by atoms with Gasteiger partial charge in [-0.05, 0) is 24.8 Å². The van der Waals surface area contributed by atoms with Crippen LogP contribution in [0.1, 0.15) is 24.8 Å². The molecule has 0 saturated carbocycles. The first-order valence-electron chi connectivity index (χ1n) is 11.2. The molecule has 1 heterocycles. The van der Waals surface area contributed by atoms with Crippen LogP contribution < -0.4 is 10.6 Å². The highest BCUT2D eigenvalue weighted by atomic mass is 16.5. The summed E-state index contributed by atoms with van der Waals surface area (Å²) >= 11 is 0. The molecule has 0 unspecified atom stereocenters. The second-order valence-corrected chi connectivity index (χ2v) is 7.98. The SMILES string of the molecule is COCCNC(=NCC(=O)N(C)C)NCCCOC1CCN(Cc2ccccc2)CC1. The molecule has 1 saturated heterocycles. The van der Waals surface area contributed by atoms with E-state index >= 15 is 0 Å². The van der Waals surface area contributed by atoms with Gasteiger partial charge >= 0.3 is 0 Å². The number of rotatable bonds is 12. The zero-order chi connectivity index (χ0) is 22.3. The first kappa shape index (κ1) is 25.1. The summed E-state index contributed by atoms with van der Waals surface area (Å²) in [7, 11) is 5.12. The Hall–Kier alpha value is -2.16. The van der Waals surface area contributed by atoms with Gasteiger partial charge < -0.3 is 25.0 Å². The molecule has 8 nitrogen and oxygen atoms in total. The summed E-state index contributed by atoms with van der Waals surface area (Å²) in [6, 6.07) is 10.6. The molecular formula is C23H39N5O3. The number of carbonyl (C=O) groups excluding carboxylic acids is 1. The summed E-state index contributed by atoms with van der Waals surface area (Å²) in [6.45, 7) is 5.97. The van der Waals surface area contributed by atoms with E-state index in [-0.39, 0.29) is 12.5 Å². The average molecular weight is 434 g/mol. The van der Waals surface area contributed by atoms with Gasteiger partial charge in [-0.3, -0.25) is 9.69 Å². The Balaban J connectivity index is 1.60. The maximum absolute atomic E-state index is 11.8. The molecule has 1 fully saturated rings. The van der Waals surface area contributed by atoms with Gasteiger partial charge in [-0.2, -0.15) is 0 Å². The average Bonchev–Trinajstić information content (AvgIpc) is 2.78. The van der Waals surface area contributed by atoms with E-state index in [0.717, 1.165) is 52.0 Å². The van der Waals surface area contributed by atoms with Crippen molar-refractivity contribution in [2.24, 2.45) is 4.99 Å². The monoisotopic (exact) mass is 433 g/mol. The van der Waals surface area contributed by atoms with E-state index in [0.29, 0.717) is 25.2 Å². The number of aliphatic imine (C=N–C) groups is 1. The first-order chi connectivity index (χ1) is 15.1. The Kier molecular flexibility index (Phi) is 12.0. The van der Waals surface area contributed by atoms with Crippen molar-refractivity contribution in [3.05, 3.63) is 35.9 Å². The molecule has 31 heavy (non-hydrogen) atoms. The quantitative estimate of drug-likeness (QED) is 0.294. The molecular weight excluding hydrogens is 394 g/mol.